The van der Waals surface area contributed by atoms with Crippen molar-refractivity contribution < 1.29 is 9.72 Å². The summed E-state index contributed by atoms with van der Waals surface area (Å²) in [7, 11) is 0. The summed E-state index contributed by atoms with van der Waals surface area (Å²) >= 11 is 0. The third-order valence-corrected chi connectivity index (χ3v) is 4.68. The maximum Gasteiger partial charge on any atom is 0.292 e. The van der Waals surface area contributed by atoms with Crippen LogP contribution in [0.15, 0.2) is 72.8 Å². The maximum atomic E-state index is 12.4. The largest absolute Gasteiger partial charge is 0.345 e. The number of hydrogen-bond acceptors (Lipinski definition) is 6. The Balaban J connectivity index is 1.59. The first-order valence-corrected chi connectivity index (χ1v) is 9.62. The average molecular weight is 413 g/mol. The summed E-state index contributed by atoms with van der Waals surface area (Å²) in [5, 5.41) is 17.5. The predicted octanol–water partition coefficient (Wildman–Crippen LogP) is 4.56. The Morgan fingerprint density at radius 3 is 2.52 bits per heavy atom. The minimum atomic E-state index is -0.538. The van der Waals surface area contributed by atoms with Gasteiger partial charge in [0.25, 0.3) is 5.69 Å². The molecule has 0 saturated heterocycles. The molecule has 1 heterocycles. The van der Waals surface area contributed by atoms with Crippen molar-refractivity contribution >= 4 is 34.1 Å². The number of anilines is 2. The zero-order valence-corrected chi connectivity index (χ0v) is 16.7. The van der Waals surface area contributed by atoms with Gasteiger partial charge in [-0.05, 0) is 25.1 Å². The molecule has 0 aliphatic carbocycles. The van der Waals surface area contributed by atoms with Crippen LogP contribution in [0.3, 0.4) is 0 Å². The van der Waals surface area contributed by atoms with Crippen LogP contribution in [0.4, 0.5) is 17.3 Å². The van der Waals surface area contributed by atoms with Gasteiger partial charge in [-0.2, -0.15) is 0 Å². The van der Waals surface area contributed by atoms with E-state index < -0.39 is 10.8 Å². The van der Waals surface area contributed by atoms with Crippen molar-refractivity contribution in [1.82, 2.24) is 9.97 Å². The SMILES string of the molecule is Cc1ccc2nc(NCC(=O)Nc3ccccc3[N+](=O)[O-])nc(-c3ccccc3)c2c1. The Morgan fingerprint density at radius 1 is 1.00 bits per heavy atom. The Hall–Kier alpha value is -4.33. The van der Waals surface area contributed by atoms with Crippen LogP contribution in [-0.2, 0) is 4.79 Å². The number of rotatable bonds is 6. The molecule has 3 aromatic carbocycles. The molecule has 0 saturated carbocycles. The normalized spacial score (nSPS) is 10.6. The predicted molar refractivity (Wildman–Crippen MR) is 120 cm³/mol. The van der Waals surface area contributed by atoms with Gasteiger partial charge in [0.2, 0.25) is 11.9 Å². The summed E-state index contributed by atoms with van der Waals surface area (Å²) in [6.07, 6.45) is 0. The summed E-state index contributed by atoms with van der Waals surface area (Å²) < 4.78 is 0. The minimum absolute atomic E-state index is 0.138. The van der Waals surface area contributed by atoms with Crippen molar-refractivity contribution in [2.24, 2.45) is 0 Å². The second-order valence-electron chi connectivity index (χ2n) is 6.96. The van der Waals surface area contributed by atoms with Gasteiger partial charge in [-0.15, -0.1) is 0 Å². The van der Waals surface area contributed by atoms with Gasteiger partial charge in [0, 0.05) is 17.0 Å². The topological polar surface area (TPSA) is 110 Å². The molecule has 0 spiro atoms. The van der Waals surface area contributed by atoms with Crippen LogP contribution in [0.1, 0.15) is 5.56 Å². The van der Waals surface area contributed by atoms with E-state index in [1.165, 1.54) is 12.1 Å². The first-order valence-electron chi connectivity index (χ1n) is 9.62. The van der Waals surface area contributed by atoms with Gasteiger partial charge >= 0.3 is 0 Å². The number of aryl methyl sites for hydroxylation is 1. The first-order chi connectivity index (χ1) is 15.0. The molecule has 0 radical (unpaired) electrons. The fraction of sp³-hybridized carbons (Fsp3) is 0.0870. The number of benzene rings is 3. The Labute approximate surface area is 178 Å². The van der Waals surface area contributed by atoms with Crippen LogP contribution >= 0.6 is 0 Å². The number of hydrogen-bond donors (Lipinski definition) is 2. The van der Waals surface area contributed by atoms with Gasteiger partial charge in [0.05, 0.1) is 22.7 Å². The highest BCUT2D eigenvalue weighted by Gasteiger charge is 2.15. The van der Waals surface area contributed by atoms with E-state index in [2.05, 4.69) is 20.6 Å². The molecule has 0 aliphatic rings. The van der Waals surface area contributed by atoms with Crippen LogP contribution in [0.2, 0.25) is 0 Å². The molecule has 1 amide bonds. The molecular formula is C23H19N5O3. The summed E-state index contributed by atoms with van der Waals surface area (Å²) in [5.74, 6) is -0.143. The molecule has 154 valence electrons. The van der Waals surface area contributed by atoms with Crippen LogP contribution in [0, 0.1) is 17.0 Å². The van der Waals surface area contributed by atoms with Crippen LogP contribution in [0.5, 0.6) is 0 Å². The molecule has 8 heteroatoms. The standard InChI is InChI=1S/C23H19N5O3/c1-15-11-12-18-17(13-15)22(16-7-3-2-4-8-16)27-23(26-18)24-14-21(29)25-19-9-5-6-10-20(19)28(30)31/h2-13H,14H2,1H3,(H,25,29)(H,24,26,27). The molecule has 4 aromatic rings. The van der Waals surface area contributed by atoms with Crippen molar-refractivity contribution in [1.29, 1.82) is 0 Å². The van der Waals surface area contributed by atoms with E-state index in [0.29, 0.717) is 5.95 Å². The van der Waals surface area contributed by atoms with E-state index in [-0.39, 0.29) is 17.9 Å². The number of para-hydroxylation sites is 2. The second-order valence-corrected chi connectivity index (χ2v) is 6.96. The van der Waals surface area contributed by atoms with Gasteiger partial charge in [-0.25, -0.2) is 9.97 Å². The zero-order chi connectivity index (χ0) is 21.8. The Kier molecular flexibility index (Phi) is 5.53. The quantitative estimate of drug-likeness (QED) is 0.354. The number of carbonyl (C=O) groups is 1. The molecule has 1 aromatic heterocycles. The fourth-order valence-corrected chi connectivity index (χ4v) is 3.23. The number of carbonyl (C=O) groups excluding carboxylic acids is 1. The van der Waals surface area contributed by atoms with Crippen LogP contribution < -0.4 is 10.6 Å². The number of nitrogens with zero attached hydrogens (tertiary/aromatic N) is 3. The highest BCUT2D eigenvalue weighted by atomic mass is 16.6. The van der Waals surface area contributed by atoms with Crippen molar-refractivity contribution in [3.05, 3.63) is 88.5 Å². The van der Waals surface area contributed by atoms with Crippen molar-refractivity contribution in [2.75, 3.05) is 17.2 Å². The number of nitro benzene ring substituents is 1. The van der Waals surface area contributed by atoms with Crippen molar-refractivity contribution in [2.45, 2.75) is 6.92 Å². The van der Waals surface area contributed by atoms with Crippen molar-refractivity contribution in [3.8, 4) is 11.3 Å². The minimum Gasteiger partial charge on any atom is -0.345 e. The van der Waals surface area contributed by atoms with E-state index in [9.17, 15) is 14.9 Å². The molecule has 0 aliphatic heterocycles. The lowest BCUT2D eigenvalue weighted by atomic mass is 10.0. The Bertz CT molecular complexity index is 1270. The smallest absolute Gasteiger partial charge is 0.292 e. The summed E-state index contributed by atoms with van der Waals surface area (Å²) in [5.41, 5.74) is 3.52. The summed E-state index contributed by atoms with van der Waals surface area (Å²) in [6.45, 7) is 1.87. The molecule has 4 rings (SSSR count). The third kappa shape index (κ3) is 4.48. The van der Waals surface area contributed by atoms with E-state index in [1.54, 1.807) is 12.1 Å². The summed E-state index contributed by atoms with van der Waals surface area (Å²) in [4.78, 5) is 32.1. The van der Waals surface area contributed by atoms with Gasteiger partial charge in [-0.1, -0.05) is 54.1 Å². The van der Waals surface area contributed by atoms with E-state index >= 15 is 0 Å². The van der Waals surface area contributed by atoms with E-state index in [4.69, 9.17) is 0 Å². The lowest BCUT2D eigenvalue weighted by Gasteiger charge is -2.11. The van der Waals surface area contributed by atoms with Gasteiger partial charge < -0.3 is 10.6 Å². The van der Waals surface area contributed by atoms with E-state index in [0.717, 1.165) is 27.7 Å². The lowest BCUT2D eigenvalue weighted by molar-refractivity contribution is -0.383. The molecule has 8 nitrogen and oxygen atoms in total. The van der Waals surface area contributed by atoms with Gasteiger partial charge in [0.15, 0.2) is 0 Å². The molecule has 0 unspecified atom stereocenters. The molecular weight excluding hydrogens is 394 g/mol. The number of nitro groups is 1. The van der Waals surface area contributed by atoms with E-state index in [1.807, 2.05) is 55.5 Å². The molecule has 0 atom stereocenters. The fourth-order valence-electron chi connectivity index (χ4n) is 3.23. The number of nitrogens with one attached hydrogen (secondary N) is 2. The van der Waals surface area contributed by atoms with Gasteiger partial charge in [0.1, 0.15) is 5.69 Å². The molecule has 0 bridgehead atoms. The second kappa shape index (κ2) is 8.58. The highest BCUT2D eigenvalue weighted by Crippen LogP contribution is 2.28. The number of amides is 1. The lowest BCUT2D eigenvalue weighted by Crippen LogP contribution is -2.23. The molecule has 2 N–H and O–H groups in total. The zero-order valence-electron chi connectivity index (χ0n) is 16.7. The van der Waals surface area contributed by atoms with Crippen molar-refractivity contribution in [3.63, 3.8) is 0 Å². The molecule has 31 heavy (non-hydrogen) atoms. The summed E-state index contributed by atoms with van der Waals surface area (Å²) in [6, 6.07) is 21.6. The Morgan fingerprint density at radius 2 is 1.74 bits per heavy atom. The molecule has 0 fully saturated rings. The van der Waals surface area contributed by atoms with Crippen LogP contribution in [0.25, 0.3) is 22.2 Å². The average Bonchev–Trinajstić information content (AvgIpc) is 2.78. The highest BCUT2D eigenvalue weighted by molar-refractivity contribution is 5.96. The third-order valence-electron chi connectivity index (χ3n) is 4.68. The number of fused-ring (bicyclic) bond motifs is 1. The number of aromatic nitrogens is 2. The first kappa shape index (κ1) is 20.0. The maximum absolute atomic E-state index is 12.4. The van der Waals surface area contributed by atoms with Gasteiger partial charge in [-0.3, -0.25) is 14.9 Å². The van der Waals surface area contributed by atoms with Crippen LogP contribution in [-0.4, -0.2) is 27.3 Å². The monoisotopic (exact) mass is 413 g/mol.